The maximum atomic E-state index is 13.1. The third kappa shape index (κ3) is 3.15. The van der Waals surface area contributed by atoms with Crippen LogP contribution in [-0.2, 0) is 18.3 Å². The third-order valence-corrected chi connectivity index (χ3v) is 8.35. The van der Waals surface area contributed by atoms with Gasteiger partial charge in [-0.15, -0.1) is 0 Å². The highest BCUT2D eigenvalue weighted by Gasteiger charge is 2.34. The van der Waals surface area contributed by atoms with Crippen molar-refractivity contribution in [2.75, 3.05) is 19.6 Å². The van der Waals surface area contributed by atoms with Gasteiger partial charge in [0.1, 0.15) is 0 Å². The second-order valence-electron chi connectivity index (χ2n) is 10.4. The van der Waals surface area contributed by atoms with E-state index in [9.17, 15) is 14.4 Å². The number of aromatic nitrogens is 2. The topological polar surface area (TPSA) is 113 Å². The lowest BCUT2D eigenvalue weighted by atomic mass is 9.93. The standard InChI is InChI=1S/C29H27N5O3/c1-33-11-7-16-5-6-19-21(26(16)33)23-22(28(36)32-29(23)37)20-18-4-2-3-15(24(18)31-25(19)20)8-12-34-13-9-17(10-14-34)27(30)35/h2-7,11,17,31H,8-10,12-14H2,1H3,(H2,30,35)(H,32,36,37). The quantitative estimate of drug-likeness (QED) is 0.332. The molecule has 0 unspecified atom stereocenters. The summed E-state index contributed by atoms with van der Waals surface area (Å²) in [6.07, 6.45) is 4.42. The lowest BCUT2D eigenvalue weighted by Crippen LogP contribution is -2.39. The summed E-state index contributed by atoms with van der Waals surface area (Å²) < 4.78 is 2.01. The van der Waals surface area contributed by atoms with Gasteiger partial charge in [-0.2, -0.15) is 0 Å². The van der Waals surface area contributed by atoms with E-state index >= 15 is 0 Å². The van der Waals surface area contributed by atoms with Gasteiger partial charge in [0.15, 0.2) is 0 Å². The Hall–Kier alpha value is -4.17. The van der Waals surface area contributed by atoms with E-state index in [1.165, 1.54) is 0 Å². The smallest absolute Gasteiger partial charge is 0.259 e. The molecule has 0 saturated carbocycles. The van der Waals surface area contributed by atoms with E-state index in [1.807, 2.05) is 42.1 Å². The predicted octanol–water partition coefficient (Wildman–Crippen LogP) is 3.59. The molecular weight excluding hydrogens is 466 g/mol. The van der Waals surface area contributed by atoms with Crippen LogP contribution in [0, 0.1) is 5.92 Å². The summed E-state index contributed by atoms with van der Waals surface area (Å²) in [7, 11) is 1.96. The number of benzene rings is 3. The van der Waals surface area contributed by atoms with Crippen LogP contribution < -0.4 is 11.1 Å². The Bertz CT molecular complexity index is 1800. The number of hydrogen-bond donors (Lipinski definition) is 3. The number of imide groups is 1. The van der Waals surface area contributed by atoms with E-state index in [0.717, 1.165) is 87.9 Å². The Balaban J connectivity index is 1.40. The van der Waals surface area contributed by atoms with Gasteiger partial charge in [-0.25, -0.2) is 0 Å². The molecule has 186 valence electrons. The number of nitrogens with zero attached hydrogens (tertiary/aromatic N) is 2. The fourth-order valence-electron chi connectivity index (χ4n) is 6.45. The number of hydrogen-bond acceptors (Lipinski definition) is 4. The molecule has 0 bridgehead atoms. The van der Waals surface area contributed by atoms with Crippen molar-refractivity contribution in [2.45, 2.75) is 19.3 Å². The minimum atomic E-state index is -0.346. The number of nitrogens with two attached hydrogens (primary N) is 1. The first-order valence-corrected chi connectivity index (χ1v) is 12.8. The summed E-state index contributed by atoms with van der Waals surface area (Å²) >= 11 is 0. The summed E-state index contributed by atoms with van der Waals surface area (Å²) in [5.74, 6) is -0.905. The Morgan fingerprint density at radius 3 is 2.46 bits per heavy atom. The fraction of sp³-hybridized carbons (Fsp3) is 0.276. The van der Waals surface area contributed by atoms with Crippen molar-refractivity contribution in [2.24, 2.45) is 18.7 Å². The van der Waals surface area contributed by atoms with Crippen LogP contribution in [0.5, 0.6) is 0 Å². The summed E-state index contributed by atoms with van der Waals surface area (Å²) in [5, 5.41) is 7.08. The van der Waals surface area contributed by atoms with Gasteiger partial charge in [0.25, 0.3) is 11.8 Å². The van der Waals surface area contributed by atoms with Crippen LogP contribution in [0.25, 0.3) is 43.5 Å². The van der Waals surface area contributed by atoms with E-state index in [0.29, 0.717) is 11.1 Å². The van der Waals surface area contributed by atoms with Gasteiger partial charge >= 0.3 is 0 Å². The lowest BCUT2D eigenvalue weighted by molar-refractivity contribution is -0.123. The van der Waals surface area contributed by atoms with Crippen molar-refractivity contribution >= 4 is 61.2 Å². The number of fused-ring (bicyclic) bond motifs is 10. The number of carbonyl (C=O) groups is 3. The number of nitrogens with one attached hydrogen (secondary N) is 2. The van der Waals surface area contributed by atoms with E-state index < -0.39 is 0 Å². The van der Waals surface area contributed by atoms with Gasteiger partial charge in [0.2, 0.25) is 5.91 Å². The van der Waals surface area contributed by atoms with Gasteiger partial charge in [-0.1, -0.05) is 30.3 Å². The number of primary amides is 1. The van der Waals surface area contributed by atoms with E-state index in [2.05, 4.69) is 27.3 Å². The number of amides is 3. The Kier molecular flexibility index (Phi) is 4.72. The molecule has 4 N–H and O–H groups in total. The zero-order valence-corrected chi connectivity index (χ0v) is 20.6. The average molecular weight is 494 g/mol. The molecule has 4 heterocycles. The van der Waals surface area contributed by atoms with Gasteiger partial charge in [0.05, 0.1) is 22.2 Å². The number of aromatic amines is 1. The first-order valence-electron chi connectivity index (χ1n) is 12.8. The molecule has 7 rings (SSSR count). The highest BCUT2D eigenvalue weighted by molar-refractivity contribution is 6.39. The molecule has 2 aromatic heterocycles. The largest absolute Gasteiger partial charge is 0.369 e. The normalized spacial score (nSPS) is 16.9. The number of para-hydroxylation sites is 1. The van der Waals surface area contributed by atoms with Crippen molar-refractivity contribution in [3.63, 3.8) is 0 Å². The van der Waals surface area contributed by atoms with Gasteiger partial charge in [-0.3, -0.25) is 19.7 Å². The molecule has 1 saturated heterocycles. The molecule has 8 nitrogen and oxygen atoms in total. The van der Waals surface area contributed by atoms with Crippen LogP contribution in [0.2, 0.25) is 0 Å². The zero-order valence-electron chi connectivity index (χ0n) is 20.6. The van der Waals surface area contributed by atoms with Crippen LogP contribution in [0.3, 0.4) is 0 Å². The van der Waals surface area contributed by atoms with Crippen LogP contribution in [0.1, 0.15) is 39.1 Å². The third-order valence-electron chi connectivity index (χ3n) is 8.35. The van der Waals surface area contributed by atoms with Crippen molar-refractivity contribution in [3.8, 4) is 0 Å². The summed E-state index contributed by atoms with van der Waals surface area (Å²) in [5.41, 5.74) is 10.4. The van der Waals surface area contributed by atoms with E-state index in [1.54, 1.807) is 0 Å². The molecule has 3 amide bonds. The van der Waals surface area contributed by atoms with Crippen molar-refractivity contribution in [1.29, 1.82) is 0 Å². The summed E-state index contributed by atoms with van der Waals surface area (Å²) in [4.78, 5) is 43.8. The maximum absolute atomic E-state index is 13.1. The molecular formula is C29H27N5O3. The SMILES string of the molecule is Cn1ccc2ccc3c4[nH]c5c(CCN6CCC(C(N)=O)CC6)cccc5c4c4c(c3c21)C(=O)NC4=O. The van der Waals surface area contributed by atoms with E-state index in [4.69, 9.17) is 5.73 Å². The monoisotopic (exact) mass is 493 g/mol. The molecule has 0 aliphatic carbocycles. The van der Waals surface area contributed by atoms with Gasteiger partial charge < -0.3 is 20.2 Å². The number of likely N-dealkylation sites (tertiary alicyclic amines) is 1. The highest BCUT2D eigenvalue weighted by Crippen LogP contribution is 2.42. The molecule has 8 heteroatoms. The van der Waals surface area contributed by atoms with Crippen molar-refractivity contribution < 1.29 is 14.4 Å². The summed E-state index contributed by atoms with van der Waals surface area (Å²) in [6, 6.07) is 12.3. The fourth-order valence-corrected chi connectivity index (χ4v) is 6.45. The first kappa shape index (κ1) is 22.1. The number of H-pyrrole nitrogens is 1. The minimum Gasteiger partial charge on any atom is -0.369 e. The van der Waals surface area contributed by atoms with E-state index in [-0.39, 0.29) is 23.6 Å². The number of carbonyl (C=O) groups excluding carboxylic acids is 3. The molecule has 0 atom stereocenters. The van der Waals surface area contributed by atoms with Crippen molar-refractivity contribution in [3.05, 3.63) is 59.3 Å². The maximum Gasteiger partial charge on any atom is 0.259 e. The lowest BCUT2D eigenvalue weighted by Gasteiger charge is -2.30. The van der Waals surface area contributed by atoms with Crippen LogP contribution in [0.4, 0.5) is 0 Å². The van der Waals surface area contributed by atoms with Gasteiger partial charge in [0, 0.05) is 58.2 Å². The number of piperidine rings is 1. The zero-order chi connectivity index (χ0) is 25.4. The molecule has 2 aliphatic heterocycles. The Labute approximate surface area is 212 Å². The average Bonchev–Trinajstić information content (AvgIpc) is 3.56. The number of rotatable bonds is 4. The number of aryl methyl sites for hydroxylation is 1. The Morgan fingerprint density at radius 2 is 1.70 bits per heavy atom. The molecule has 0 spiro atoms. The van der Waals surface area contributed by atoms with Crippen LogP contribution in [0.15, 0.2) is 42.6 Å². The van der Waals surface area contributed by atoms with Crippen molar-refractivity contribution in [1.82, 2.24) is 19.8 Å². The molecule has 2 aliphatic rings. The molecule has 0 radical (unpaired) electrons. The predicted molar refractivity (Wildman–Crippen MR) is 144 cm³/mol. The second kappa shape index (κ2) is 7.91. The second-order valence-corrected chi connectivity index (χ2v) is 10.4. The molecule has 37 heavy (non-hydrogen) atoms. The highest BCUT2D eigenvalue weighted by atomic mass is 16.2. The Morgan fingerprint density at radius 1 is 0.973 bits per heavy atom. The first-order chi connectivity index (χ1) is 17.9. The van der Waals surface area contributed by atoms with Gasteiger partial charge in [-0.05, 0) is 44.0 Å². The molecule has 5 aromatic rings. The minimum absolute atomic E-state index is 0.0201. The van der Waals surface area contributed by atoms with Crippen LogP contribution >= 0.6 is 0 Å². The molecule has 3 aromatic carbocycles. The van der Waals surface area contributed by atoms with Crippen LogP contribution in [-0.4, -0.2) is 51.8 Å². The molecule has 1 fully saturated rings. The summed E-state index contributed by atoms with van der Waals surface area (Å²) in [6.45, 7) is 2.61.